The number of nitrogens with one attached hydrogen (secondary N) is 1. The first-order valence-corrected chi connectivity index (χ1v) is 7.48. The number of hydrogen-bond acceptors (Lipinski definition) is 6. The Morgan fingerprint density at radius 3 is 3.21 bits per heavy atom. The van der Waals surface area contributed by atoms with E-state index in [1.165, 1.54) is 0 Å². The molecule has 3 rings (SSSR count). The number of thiophene rings is 1. The number of aromatic nitrogens is 2. The summed E-state index contributed by atoms with van der Waals surface area (Å²) in [6, 6.07) is 2.08. The van der Waals surface area contributed by atoms with Gasteiger partial charge in [-0.3, -0.25) is 0 Å². The summed E-state index contributed by atoms with van der Waals surface area (Å²) >= 11 is 1.63. The van der Waals surface area contributed by atoms with Gasteiger partial charge in [-0.1, -0.05) is 0 Å². The third-order valence-electron chi connectivity index (χ3n) is 3.61. The highest BCUT2D eigenvalue weighted by atomic mass is 32.1. The van der Waals surface area contributed by atoms with Gasteiger partial charge in [0.25, 0.3) is 0 Å². The van der Waals surface area contributed by atoms with Crippen LogP contribution in [0.5, 0.6) is 0 Å². The van der Waals surface area contributed by atoms with Crippen molar-refractivity contribution >= 4 is 33.3 Å². The van der Waals surface area contributed by atoms with Crippen molar-refractivity contribution in [3.8, 4) is 0 Å². The SMILES string of the molecule is CNc1nc(N2CCCC(CO)C2)c2ccsc2n1. The van der Waals surface area contributed by atoms with E-state index in [1.807, 2.05) is 7.05 Å². The third-order valence-corrected chi connectivity index (χ3v) is 4.41. The summed E-state index contributed by atoms with van der Waals surface area (Å²) in [5.41, 5.74) is 0. The Kier molecular flexibility index (Phi) is 3.52. The smallest absolute Gasteiger partial charge is 0.225 e. The van der Waals surface area contributed by atoms with Crippen molar-refractivity contribution in [2.24, 2.45) is 5.92 Å². The lowest BCUT2D eigenvalue weighted by Crippen LogP contribution is -2.37. The summed E-state index contributed by atoms with van der Waals surface area (Å²) in [5, 5.41) is 15.5. The largest absolute Gasteiger partial charge is 0.396 e. The zero-order valence-electron chi connectivity index (χ0n) is 11.0. The van der Waals surface area contributed by atoms with E-state index in [2.05, 4.69) is 31.6 Å². The van der Waals surface area contributed by atoms with Crippen LogP contribution in [0.4, 0.5) is 11.8 Å². The fraction of sp³-hybridized carbons (Fsp3) is 0.538. The summed E-state index contributed by atoms with van der Waals surface area (Å²) < 4.78 is 0. The predicted molar refractivity (Wildman–Crippen MR) is 79.0 cm³/mol. The number of hydrogen-bond donors (Lipinski definition) is 2. The Morgan fingerprint density at radius 1 is 1.53 bits per heavy atom. The lowest BCUT2D eigenvalue weighted by Gasteiger charge is -2.33. The molecule has 0 aliphatic carbocycles. The molecule has 0 bridgehead atoms. The topological polar surface area (TPSA) is 61.3 Å². The molecule has 0 amide bonds. The Labute approximate surface area is 116 Å². The first kappa shape index (κ1) is 12.6. The summed E-state index contributed by atoms with van der Waals surface area (Å²) in [6.45, 7) is 2.14. The minimum Gasteiger partial charge on any atom is -0.396 e. The van der Waals surface area contributed by atoms with Crippen LogP contribution in [-0.2, 0) is 0 Å². The summed E-state index contributed by atoms with van der Waals surface area (Å²) in [4.78, 5) is 12.4. The Bertz CT molecular complexity index is 571. The van der Waals surface area contributed by atoms with E-state index in [4.69, 9.17) is 0 Å². The van der Waals surface area contributed by atoms with Crippen LogP contribution in [0.2, 0.25) is 0 Å². The van der Waals surface area contributed by atoms with Crippen LogP contribution in [0.25, 0.3) is 10.2 Å². The van der Waals surface area contributed by atoms with Gasteiger partial charge in [0.05, 0.1) is 5.39 Å². The first-order chi connectivity index (χ1) is 9.31. The summed E-state index contributed by atoms with van der Waals surface area (Å²) in [5.74, 6) is 2.01. The van der Waals surface area contributed by atoms with Crippen molar-refractivity contribution in [1.82, 2.24) is 9.97 Å². The molecule has 5 nitrogen and oxygen atoms in total. The quantitative estimate of drug-likeness (QED) is 0.898. The lowest BCUT2D eigenvalue weighted by molar-refractivity contribution is 0.208. The molecule has 0 saturated carbocycles. The zero-order valence-corrected chi connectivity index (χ0v) is 11.8. The van der Waals surface area contributed by atoms with Crippen molar-refractivity contribution < 1.29 is 5.11 Å². The molecule has 1 aliphatic heterocycles. The Hall–Kier alpha value is -1.40. The van der Waals surface area contributed by atoms with Gasteiger partial charge < -0.3 is 15.3 Å². The highest BCUT2D eigenvalue weighted by Crippen LogP contribution is 2.31. The van der Waals surface area contributed by atoms with Crippen molar-refractivity contribution in [3.05, 3.63) is 11.4 Å². The van der Waals surface area contributed by atoms with E-state index in [0.717, 1.165) is 42.0 Å². The monoisotopic (exact) mass is 278 g/mol. The van der Waals surface area contributed by atoms with Crippen LogP contribution < -0.4 is 10.2 Å². The van der Waals surface area contributed by atoms with Gasteiger partial charge in [0.15, 0.2) is 0 Å². The highest BCUT2D eigenvalue weighted by molar-refractivity contribution is 7.16. The summed E-state index contributed by atoms with van der Waals surface area (Å²) in [7, 11) is 1.84. The van der Waals surface area contributed by atoms with E-state index in [1.54, 1.807) is 11.3 Å². The predicted octanol–water partition coefficient (Wildman–Crippen LogP) is 1.94. The minimum absolute atomic E-state index is 0.257. The lowest BCUT2D eigenvalue weighted by atomic mass is 9.99. The number of rotatable bonds is 3. The Morgan fingerprint density at radius 2 is 2.42 bits per heavy atom. The van der Waals surface area contributed by atoms with Crippen LogP contribution in [-0.4, -0.2) is 41.8 Å². The molecule has 102 valence electrons. The number of nitrogens with zero attached hydrogens (tertiary/aromatic N) is 3. The van der Waals surface area contributed by atoms with Crippen molar-refractivity contribution in [1.29, 1.82) is 0 Å². The summed E-state index contributed by atoms with van der Waals surface area (Å²) in [6.07, 6.45) is 2.21. The molecular formula is C13H18N4OS. The number of piperidine rings is 1. The van der Waals surface area contributed by atoms with Gasteiger partial charge in [-0.15, -0.1) is 11.3 Å². The van der Waals surface area contributed by atoms with Gasteiger partial charge >= 0.3 is 0 Å². The molecule has 19 heavy (non-hydrogen) atoms. The van der Waals surface area contributed by atoms with Gasteiger partial charge in [-0.25, -0.2) is 4.98 Å². The van der Waals surface area contributed by atoms with E-state index < -0.39 is 0 Å². The molecule has 1 fully saturated rings. The van der Waals surface area contributed by atoms with Gasteiger partial charge in [0.1, 0.15) is 10.6 Å². The normalized spacial score (nSPS) is 19.9. The van der Waals surface area contributed by atoms with E-state index in [0.29, 0.717) is 11.9 Å². The Balaban J connectivity index is 2.00. The van der Waals surface area contributed by atoms with E-state index >= 15 is 0 Å². The average Bonchev–Trinajstić information content (AvgIpc) is 2.94. The standard InChI is InChI=1S/C13H18N4OS/c1-14-13-15-11(10-4-6-19-12(10)16-13)17-5-2-3-9(7-17)8-18/h4,6,9,18H,2-3,5,7-8H2,1H3,(H,14,15,16). The third kappa shape index (κ3) is 2.37. The molecular weight excluding hydrogens is 260 g/mol. The molecule has 2 aromatic rings. The van der Waals surface area contributed by atoms with Gasteiger partial charge in [0.2, 0.25) is 5.95 Å². The molecule has 2 aromatic heterocycles. The molecule has 1 aliphatic rings. The molecule has 2 N–H and O–H groups in total. The molecule has 0 spiro atoms. The van der Waals surface area contributed by atoms with Crippen molar-refractivity contribution in [2.75, 3.05) is 37.0 Å². The number of fused-ring (bicyclic) bond motifs is 1. The zero-order chi connectivity index (χ0) is 13.2. The molecule has 1 atom stereocenters. The van der Waals surface area contributed by atoms with Crippen molar-refractivity contribution in [3.63, 3.8) is 0 Å². The van der Waals surface area contributed by atoms with Crippen molar-refractivity contribution in [2.45, 2.75) is 12.8 Å². The molecule has 0 aromatic carbocycles. The molecule has 6 heteroatoms. The maximum atomic E-state index is 9.36. The molecule has 3 heterocycles. The maximum absolute atomic E-state index is 9.36. The fourth-order valence-electron chi connectivity index (χ4n) is 2.60. The molecule has 1 unspecified atom stereocenters. The second-order valence-electron chi connectivity index (χ2n) is 4.90. The second kappa shape index (κ2) is 5.30. The van der Waals surface area contributed by atoms with Gasteiger partial charge in [0, 0.05) is 26.7 Å². The second-order valence-corrected chi connectivity index (χ2v) is 5.79. The van der Waals surface area contributed by atoms with Gasteiger partial charge in [-0.05, 0) is 30.2 Å². The first-order valence-electron chi connectivity index (χ1n) is 6.60. The van der Waals surface area contributed by atoms with Crippen LogP contribution in [0.3, 0.4) is 0 Å². The highest BCUT2D eigenvalue weighted by Gasteiger charge is 2.22. The van der Waals surface area contributed by atoms with Crippen LogP contribution in [0.1, 0.15) is 12.8 Å². The number of anilines is 2. The van der Waals surface area contributed by atoms with E-state index in [-0.39, 0.29) is 6.61 Å². The minimum atomic E-state index is 0.257. The van der Waals surface area contributed by atoms with Gasteiger partial charge in [-0.2, -0.15) is 4.98 Å². The fourth-order valence-corrected chi connectivity index (χ4v) is 3.36. The van der Waals surface area contributed by atoms with Crippen LogP contribution in [0.15, 0.2) is 11.4 Å². The maximum Gasteiger partial charge on any atom is 0.225 e. The number of aliphatic hydroxyl groups excluding tert-OH is 1. The van der Waals surface area contributed by atoms with E-state index in [9.17, 15) is 5.11 Å². The van der Waals surface area contributed by atoms with Crippen LogP contribution >= 0.6 is 11.3 Å². The molecule has 0 radical (unpaired) electrons. The number of aliphatic hydroxyl groups is 1. The average molecular weight is 278 g/mol. The van der Waals surface area contributed by atoms with Crippen LogP contribution in [0, 0.1) is 5.92 Å². The molecule has 1 saturated heterocycles.